The van der Waals surface area contributed by atoms with Crippen LogP contribution in [0.4, 0.5) is 0 Å². The summed E-state index contributed by atoms with van der Waals surface area (Å²) < 4.78 is 1.92. The van der Waals surface area contributed by atoms with Gasteiger partial charge >= 0.3 is 0 Å². The average Bonchev–Trinajstić information content (AvgIpc) is 3.54. The molecule has 1 aromatic heterocycles. The van der Waals surface area contributed by atoms with Gasteiger partial charge in [-0.15, -0.1) is 5.10 Å². The van der Waals surface area contributed by atoms with Crippen molar-refractivity contribution < 1.29 is 4.79 Å². The molecule has 0 radical (unpaired) electrons. The summed E-state index contributed by atoms with van der Waals surface area (Å²) in [4.78, 5) is 15.3. The summed E-state index contributed by atoms with van der Waals surface area (Å²) in [6.45, 7) is 1.42. The van der Waals surface area contributed by atoms with Gasteiger partial charge in [-0.2, -0.15) is 0 Å². The van der Waals surface area contributed by atoms with Crippen LogP contribution >= 0.6 is 0 Å². The Kier molecular flexibility index (Phi) is 5.79. The first kappa shape index (κ1) is 20.2. The smallest absolute Gasteiger partial charge is 0.223 e. The maximum absolute atomic E-state index is 13.3. The number of amides is 1. The number of hydrogen-bond donors (Lipinski definition) is 0. The van der Waals surface area contributed by atoms with Crippen molar-refractivity contribution in [1.29, 1.82) is 0 Å². The fraction of sp³-hybridized carbons (Fsp3) is 0.222. The van der Waals surface area contributed by atoms with Gasteiger partial charge in [0.05, 0.1) is 12.2 Å². The van der Waals surface area contributed by atoms with Gasteiger partial charge in [-0.1, -0.05) is 96.2 Å². The molecule has 160 valence electrons. The Bertz CT molecular complexity index is 1120. The van der Waals surface area contributed by atoms with E-state index in [1.807, 2.05) is 82.5 Å². The molecule has 1 amide bonds. The maximum Gasteiger partial charge on any atom is 0.223 e. The molecule has 1 aliphatic rings. The molecule has 0 aliphatic carbocycles. The Morgan fingerprint density at radius 3 is 2.09 bits per heavy atom. The van der Waals surface area contributed by atoms with E-state index in [0.717, 1.165) is 24.2 Å². The third-order valence-electron chi connectivity index (χ3n) is 6.25. The summed E-state index contributed by atoms with van der Waals surface area (Å²) in [5, 5.41) is 8.69. The molecule has 0 saturated carbocycles. The highest BCUT2D eigenvalue weighted by Gasteiger charge is 2.30. The summed E-state index contributed by atoms with van der Waals surface area (Å²) in [5.74, 6) is 0.244. The van der Waals surface area contributed by atoms with Crippen LogP contribution in [-0.4, -0.2) is 38.9 Å². The van der Waals surface area contributed by atoms with Crippen LogP contribution in [0.5, 0.6) is 0 Å². The monoisotopic (exact) mass is 422 g/mol. The van der Waals surface area contributed by atoms with Crippen molar-refractivity contribution in [1.82, 2.24) is 19.9 Å². The molecular formula is C27H26N4O. The SMILES string of the molecule is O=C(CC(c1ccccc1)c1ccccc1)N1CCC(n2cc(-c3ccccc3)nn2)C1. The molecule has 0 N–H and O–H groups in total. The highest BCUT2D eigenvalue weighted by Crippen LogP contribution is 2.30. The topological polar surface area (TPSA) is 51.0 Å². The van der Waals surface area contributed by atoms with Crippen molar-refractivity contribution in [3.05, 3.63) is 108 Å². The Morgan fingerprint density at radius 2 is 1.47 bits per heavy atom. The van der Waals surface area contributed by atoms with E-state index < -0.39 is 0 Å². The van der Waals surface area contributed by atoms with Crippen LogP contribution in [0, 0.1) is 0 Å². The highest BCUT2D eigenvalue weighted by molar-refractivity contribution is 5.78. The Morgan fingerprint density at radius 1 is 0.875 bits per heavy atom. The summed E-state index contributed by atoms with van der Waals surface area (Å²) in [5.41, 5.74) is 4.26. The molecule has 1 atom stereocenters. The van der Waals surface area contributed by atoms with E-state index in [2.05, 4.69) is 34.6 Å². The predicted molar refractivity (Wildman–Crippen MR) is 125 cm³/mol. The second kappa shape index (κ2) is 9.18. The van der Waals surface area contributed by atoms with Gasteiger partial charge in [0.2, 0.25) is 5.91 Å². The highest BCUT2D eigenvalue weighted by atomic mass is 16.2. The number of carbonyl (C=O) groups excluding carboxylic acids is 1. The van der Waals surface area contributed by atoms with Gasteiger partial charge in [0.1, 0.15) is 5.69 Å². The molecular weight excluding hydrogens is 396 g/mol. The van der Waals surface area contributed by atoms with E-state index in [1.54, 1.807) is 0 Å². The summed E-state index contributed by atoms with van der Waals surface area (Å²) in [7, 11) is 0. The van der Waals surface area contributed by atoms with Crippen LogP contribution in [0.2, 0.25) is 0 Å². The molecule has 5 heteroatoms. The zero-order valence-electron chi connectivity index (χ0n) is 17.9. The third-order valence-corrected chi connectivity index (χ3v) is 6.25. The van der Waals surface area contributed by atoms with Crippen molar-refractivity contribution in [3.8, 4) is 11.3 Å². The number of hydrogen-bond acceptors (Lipinski definition) is 3. The van der Waals surface area contributed by atoms with Crippen molar-refractivity contribution in [3.63, 3.8) is 0 Å². The molecule has 5 nitrogen and oxygen atoms in total. The number of rotatable bonds is 6. The second-order valence-corrected chi connectivity index (χ2v) is 8.31. The Labute approximate surface area is 188 Å². The molecule has 1 unspecified atom stereocenters. The summed E-state index contributed by atoms with van der Waals surface area (Å²) in [6, 6.07) is 30.8. The van der Waals surface area contributed by atoms with Gasteiger partial charge < -0.3 is 4.90 Å². The van der Waals surface area contributed by atoms with E-state index in [-0.39, 0.29) is 17.9 Å². The van der Waals surface area contributed by atoms with E-state index >= 15 is 0 Å². The Hall–Kier alpha value is -3.73. The largest absolute Gasteiger partial charge is 0.340 e. The molecule has 5 rings (SSSR count). The van der Waals surface area contributed by atoms with Crippen LogP contribution in [0.3, 0.4) is 0 Å². The predicted octanol–water partition coefficient (Wildman–Crippen LogP) is 4.94. The van der Waals surface area contributed by atoms with Gasteiger partial charge in [-0.05, 0) is 17.5 Å². The first-order valence-electron chi connectivity index (χ1n) is 11.1. The molecule has 0 bridgehead atoms. The number of likely N-dealkylation sites (tertiary alicyclic amines) is 1. The quantitative estimate of drug-likeness (QED) is 0.442. The molecule has 4 aromatic rings. The van der Waals surface area contributed by atoms with E-state index in [9.17, 15) is 4.79 Å². The zero-order chi connectivity index (χ0) is 21.8. The van der Waals surface area contributed by atoms with Crippen LogP contribution in [-0.2, 0) is 4.79 Å². The lowest BCUT2D eigenvalue weighted by atomic mass is 9.88. The molecule has 1 aliphatic heterocycles. The average molecular weight is 423 g/mol. The number of nitrogens with zero attached hydrogens (tertiary/aromatic N) is 4. The van der Waals surface area contributed by atoms with Crippen LogP contribution in [0.15, 0.2) is 97.2 Å². The minimum Gasteiger partial charge on any atom is -0.340 e. The van der Waals surface area contributed by atoms with Crippen molar-refractivity contribution in [2.24, 2.45) is 0 Å². The lowest BCUT2D eigenvalue weighted by Gasteiger charge is -2.22. The zero-order valence-corrected chi connectivity index (χ0v) is 17.9. The van der Waals surface area contributed by atoms with Gasteiger partial charge in [0, 0.05) is 31.0 Å². The van der Waals surface area contributed by atoms with Gasteiger partial charge in [0.15, 0.2) is 0 Å². The number of carbonyl (C=O) groups is 1. The standard InChI is InChI=1S/C27H26N4O/c32-27(18-25(21-10-4-1-5-11-21)22-12-6-2-7-13-22)30-17-16-24(19-30)31-20-26(28-29-31)23-14-8-3-9-15-23/h1-15,20,24-25H,16-19H2. The molecule has 32 heavy (non-hydrogen) atoms. The van der Waals surface area contributed by atoms with Gasteiger partial charge in [0.25, 0.3) is 0 Å². The lowest BCUT2D eigenvalue weighted by molar-refractivity contribution is -0.130. The van der Waals surface area contributed by atoms with Crippen LogP contribution < -0.4 is 0 Å². The maximum atomic E-state index is 13.3. The van der Waals surface area contributed by atoms with Gasteiger partial charge in [-0.3, -0.25) is 4.79 Å². The molecule has 2 heterocycles. The molecule has 1 fully saturated rings. The number of benzene rings is 3. The normalized spacial score (nSPS) is 15.9. The molecule has 3 aromatic carbocycles. The van der Waals surface area contributed by atoms with Crippen molar-refractivity contribution in [2.45, 2.75) is 24.8 Å². The van der Waals surface area contributed by atoms with Crippen LogP contribution in [0.1, 0.15) is 35.9 Å². The molecule has 1 saturated heterocycles. The Balaban J connectivity index is 1.29. The minimum absolute atomic E-state index is 0.0556. The van der Waals surface area contributed by atoms with Crippen molar-refractivity contribution in [2.75, 3.05) is 13.1 Å². The van der Waals surface area contributed by atoms with Crippen molar-refractivity contribution >= 4 is 5.91 Å². The van der Waals surface area contributed by atoms with Crippen LogP contribution in [0.25, 0.3) is 11.3 Å². The third kappa shape index (κ3) is 4.33. The molecule has 0 spiro atoms. The van der Waals surface area contributed by atoms with E-state index in [0.29, 0.717) is 13.0 Å². The van der Waals surface area contributed by atoms with E-state index in [1.165, 1.54) is 11.1 Å². The summed E-state index contributed by atoms with van der Waals surface area (Å²) >= 11 is 0. The minimum atomic E-state index is 0.0556. The lowest BCUT2D eigenvalue weighted by Crippen LogP contribution is -2.30. The van der Waals surface area contributed by atoms with E-state index in [4.69, 9.17) is 0 Å². The first-order valence-corrected chi connectivity index (χ1v) is 11.1. The number of aromatic nitrogens is 3. The second-order valence-electron chi connectivity index (χ2n) is 8.31. The first-order chi connectivity index (χ1) is 15.8. The van der Waals surface area contributed by atoms with Gasteiger partial charge in [-0.25, -0.2) is 4.68 Å². The summed E-state index contributed by atoms with van der Waals surface area (Å²) in [6.07, 6.45) is 3.35. The fourth-order valence-electron chi connectivity index (χ4n) is 4.48. The fourth-order valence-corrected chi connectivity index (χ4v) is 4.48.